The number of hydrogen-bond donors (Lipinski definition) is 1. The fourth-order valence-electron chi connectivity index (χ4n) is 1.67. The summed E-state index contributed by atoms with van der Waals surface area (Å²) in [5.41, 5.74) is 6.49. The Hall–Kier alpha value is -0.600. The Kier molecular flexibility index (Phi) is 1.86. The lowest BCUT2D eigenvalue weighted by atomic mass is 10.0. The van der Waals surface area contributed by atoms with Crippen molar-refractivity contribution in [1.82, 2.24) is 0 Å². The largest absolute Gasteiger partial charge is 0.321 e. The lowest BCUT2D eigenvalue weighted by Crippen LogP contribution is -2.21. The Morgan fingerprint density at radius 2 is 2.15 bits per heavy atom. The molecule has 0 bridgehead atoms. The number of benzene rings is 1. The molecule has 70 valence electrons. The van der Waals surface area contributed by atoms with Gasteiger partial charge in [0.25, 0.3) is 0 Å². The molecular weight excluding hydrogens is 189 g/mol. The summed E-state index contributed by atoms with van der Waals surface area (Å²) in [6, 6.07) is 4.50. The van der Waals surface area contributed by atoms with E-state index in [-0.39, 0.29) is 11.4 Å². The zero-order valence-corrected chi connectivity index (χ0v) is 8.11. The maximum atomic E-state index is 13.0. The zero-order chi connectivity index (χ0) is 9.64. The average Bonchev–Trinajstić information content (AvgIpc) is 2.59. The van der Waals surface area contributed by atoms with Crippen molar-refractivity contribution in [2.24, 2.45) is 11.7 Å². The van der Waals surface area contributed by atoms with Crippen LogP contribution in [0.2, 0.25) is 5.02 Å². The van der Waals surface area contributed by atoms with Gasteiger partial charge in [-0.15, -0.1) is 0 Å². The molecule has 2 rings (SSSR count). The molecule has 0 spiro atoms. The molecule has 1 aromatic carbocycles. The second-order valence-corrected chi connectivity index (χ2v) is 4.24. The molecule has 0 saturated heterocycles. The van der Waals surface area contributed by atoms with Crippen molar-refractivity contribution in [1.29, 1.82) is 0 Å². The molecule has 0 heterocycles. The zero-order valence-electron chi connectivity index (χ0n) is 7.35. The van der Waals surface area contributed by atoms with E-state index in [2.05, 4.69) is 6.92 Å². The van der Waals surface area contributed by atoms with Gasteiger partial charge < -0.3 is 5.73 Å². The molecule has 13 heavy (non-hydrogen) atoms. The molecule has 1 aliphatic rings. The van der Waals surface area contributed by atoms with Crippen LogP contribution in [0.3, 0.4) is 0 Å². The summed E-state index contributed by atoms with van der Waals surface area (Å²) in [5.74, 6) is 0.108. The molecule has 2 N–H and O–H groups in total. The third kappa shape index (κ3) is 1.45. The van der Waals surface area contributed by atoms with Crippen molar-refractivity contribution in [3.05, 3.63) is 34.6 Å². The van der Waals surface area contributed by atoms with Crippen LogP contribution in [0.15, 0.2) is 18.2 Å². The summed E-state index contributed by atoms with van der Waals surface area (Å²) in [6.45, 7) is 2.05. The van der Waals surface area contributed by atoms with Crippen LogP contribution >= 0.6 is 11.6 Å². The Labute approximate surface area is 81.7 Å². The third-order valence-corrected chi connectivity index (χ3v) is 2.98. The Morgan fingerprint density at radius 3 is 2.62 bits per heavy atom. The normalized spacial score (nSPS) is 31.8. The van der Waals surface area contributed by atoms with E-state index >= 15 is 0 Å². The molecule has 2 unspecified atom stereocenters. The van der Waals surface area contributed by atoms with Gasteiger partial charge in [-0.1, -0.05) is 18.5 Å². The van der Waals surface area contributed by atoms with Crippen LogP contribution in [-0.4, -0.2) is 0 Å². The van der Waals surface area contributed by atoms with E-state index in [0.29, 0.717) is 10.9 Å². The topological polar surface area (TPSA) is 26.0 Å². The summed E-state index contributed by atoms with van der Waals surface area (Å²) >= 11 is 5.74. The first-order valence-electron chi connectivity index (χ1n) is 4.28. The fourth-order valence-corrected chi connectivity index (χ4v) is 1.89. The molecular formula is C10H11ClFN. The van der Waals surface area contributed by atoms with Gasteiger partial charge in [-0.25, -0.2) is 4.39 Å². The lowest BCUT2D eigenvalue weighted by molar-refractivity contribution is 0.610. The van der Waals surface area contributed by atoms with Crippen LogP contribution in [-0.2, 0) is 5.54 Å². The average molecular weight is 200 g/mol. The van der Waals surface area contributed by atoms with Crippen LogP contribution < -0.4 is 5.73 Å². The number of hydrogen-bond acceptors (Lipinski definition) is 1. The number of halogens is 2. The summed E-state index contributed by atoms with van der Waals surface area (Å²) < 4.78 is 13.0. The molecule has 1 aromatic rings. The van der Waals surface area contributed by atoms with Crippen LogP contribution in [0.25, 0.3) is 0 Å². The quantitative estimate of drug-likeness (QED) is 0.740. The monoisotopic (exact) mass is 199 g/mol. The van der Waals surface area contributed by atoms with Gasteiger partial charge in [-0.2, -0.15) is 0 Å². The Bertz CT molecular complexity index is 333. The minimum Gasteiger partial charge on any atom is -0.321 e. The maximum absolute atomic E-state index is 13.0. The van der Waals surface area contributed by atoms with E-state index in [1.165, 1.54) is 12.1 Å². The highest BCUT2D eigenvalue weighted by Gasteiger charge is 2.49. The second-order valence-electron chi connectivity index (χ2n) is 3.80. The third-order valence-electron chi connectivity index (χ3n) is 2.76. The van der Waals surface area contributed by atoms with Crippen LogP contribution in [0.4, 0.5) is 4.39 Å². The van der Waals surface area contributed by atoms with Crippen molar-refractivity contribution in [3.8, 4) is 0 Å². The van der Waals surface area contributed by atoms with E-state index in [1.807, 2.05) is 0 Å². The summed E-state index contributed by atoms with van der Waals surface area (Å²) in [5, 5.41) is 0.416. The number of nitrogens with two attached hydrogens (primary N) is 1. The molecule has 2 atom stereocenters. The molecule has 1 fully saturated rings. The van der Waals surface area contributed by atoms with E-state index in [4.69, 9.17) is 17.3 Å². The summed E-state index contributed by atoms with van der Waals surface area (Å²) in [7, 11) is 0. The van der Waals surface area contributed by atoms with E-state index < -0.39 is 0 Å². The minimum absolute atomic E-state index is 0.313. The molecule has 1 nitrogen and oxygen atoms in total. The molecule has 0 amide bonds. The first kappa shape index (κ1) is 8.97. The molecule has 0 aliphatic heterocycles. The van der Waals surface area contributed by atoms with Crippen LogP contribution in [0.5, 0.6) is 0 Å². The van der Waals surface area contributed by atoms with E-state index in [1.54, 1.807) is 6.07 Å². The van der Waals surface area contributed by atoms with Gasteiger partial charge in [0.2, 0.25) is 0 Å². The number of rotatable bonds is 1. The highest BCUT2D eigenvalue weighted by atomic mass is 35.5. The van der Waals surface area contributed by atoms with E-state index in [9.17, 15) is 4.39 Å². The molecule has 1 saturated carbocycles. The van der Waals surface area contributed by atoms with E-state index in [0.717, 1.165) is 12.0 Å². The molecule has 3 heteroatoms. The van der Waals surface area contributed by atoms with Crippen molar-refractivity contribution in [2.45, 2.75) is 18.9 Å². The second kappa shape index (κ2) is 2.69. The van der Waals surface area contributed by atoms with Gasteiger partial charge in [-0.05, 0) is 36.1 Å². The Morgan fingerprint density at radius 1 is 1.54 bits per heavy atom. The van der Waals surface area contributed by atoms with Gasteiger partial charge >= 0.3 is 0 Å². The predicted octanol–water partition coefficient (Wildman–Crippen LogP) is 2.67. The molecule has 0 radical (unpaired) electrons. The standard InChI is InChI=1S/C10H11ClFN/c1-6-5-10(6,13)7-2-8(11)4-9(12)3-7/h2-4,6H,5,13H2,1H3. The summed E-state index contributed by atoms with van der Waals surface area (Å²) in [6.07, 6.45) is 0.910. The molecule has 0 aromatic heterocycles. The fraction of sp³-hybridized carbons (Fsp3) is 0.400. The van der Waals surface area contributed by atoms with Crippen molar-refractivity contribution in [3.63, 3.8) is 0 Å². The highest BCUT2D eigenvalue weighted by Crippen LogP contribution is 2.49. The van der Waals surface area contributed by atoms with Gasteiger partial charge in [-0.3, -0.25) is 0 Å². The van der Waals surface area contributed by atoms with Crippen LogP contribution in [0.1, 0.15) is 18.9 Å². The van der Waals surface area contributed by atoms with Gasteiger partial charge in [0.05, 0.1) is 0 Å². The van der Waals surface area contributed by atoms with Gasteiger partial charge in [0, 0.05) is 10.6 Å². The van der Waals surface area contributed by atoms with Crippen molar-refractivity contribution < 1.29 is 4.39 Å². The summed E-state index contributed by atoms with van der Waals surface area (Å²) in [4.78, 5) is 0. The molecule has 1 aliphatic carbocycles. The first-order valence-corrected chi connectivity index (χ1v) is 4.65. The Balaban J connectivity index is 2.42. The van der Waals surface area contributed by atoms with Crippen molar-refractivity contribution in [2.75, 3.05) is 0 Å². The smallest absolute Gasteiger partial charge is 0.125 e. The maximum Gasteiger partial charge on any atom is 0.125 e. The first-order chi connectivity index (χ1) is 6.02. The highest BCUT2D eigenvalue weighted by molar-refractivity contribution is 6.30. The predicted molar refractivity (Wildman–Crippen MR) is 51.1 cm³/mol. The van der Waals surface area contributed by atoms with Crippen molar-refractivity contribution >= 4 is 11.6 Å². The minimum atomic E-state index is -0.342. The lowest BCUT2D eigenvalue weighted by Gasteiger charge is -2.10. The SMILES string of the molecule is CC1CC1(N)c1cc(F)cc(Cl)c1. The van der Waals surface area contributed by atoms with Gasteiger partial charge in [0.15, 0.2) is 0 Å². The van der Waals surface area contributed by atoms with Crippen LogP contribution in [0, 0.1) is 11.7 Å². The van der Waals surface area contributed by atoms with Gasteiger partial charge in [0.1, 0.15) is 5.82 Å².